The Balaban J connectivity index is 2.82. The molecule has 0 aliphatic rings. The molecule has 2 atom stereocenters. The fraction of sp³-hybridized carbons (Fsp3) is 0.412. The summed E-state index contributed by atoms with van der Waals surface area (Å²) >= 11 is 1.44. The summed E-state index contributed by atoms with van der Waals surface area (Å²) in [6.45, 7) is 0. The van der Waals surface area contributed by atoms with Gasteiger partial charge in [0.2, 0.25) is 5.91 Å². The van der Waals surface area contributed by atoms with Crippen molar-refractivity contribution in [2.75, 3.05) is 12.0 Å². The fourth-order valence-corrected chi connectivity index (χ4v) is 2.60. The third kappa shape index (κ3) is 7.56. The lowest BCUT2D eigenvalue weighted by molar-refractivity contribution is -0.142. The number of rotatable bonds is 11. The average Bonchev–Trinajstić information content (AvgIpc) is 2.61. The van der Waals surface area contributed by atoms with E-state index in [1.807, 2.05) is 6.26 Å². The van der Waals surface area contributed by atoms with Crippen LogP contribution in [0.1, 0.15) is 29.6 Å². The zero-order valence-electron chi connectivity index (χ0n) is 14.3. The van der Waals surface area contributed by atoms with Gasteiger partial charge in [-0.3, -0.25) is 14.4 Å². The lowest BCUT2D eigenvalue weighted by Crippen LogP contribution is -2.51. The molecule has 1 aromatic rings. The molecule has 0 saturated carbocycles. The Labute approximate surface area is 155 Å². The van der Waals surface area contributed by atoms with Gasteiger partial charge in [-0.25, -0.2) is 4.79 Å². The van der Waals surface area contributed by atoms with E-state index in [2.05, 4.69) is 10.6 Å². The van der Waals surface area contributed by atoms with Gasteiger partial charge in [-0.1, -0.05) is 18.2 Å². The van der Waals surface area contributed by atoms with Crippen molar-refractivity contribution >= 4 is 35.5 Å². The Morgan fingerprint density at radius 3 is 2.19 bits per heavy atom. The molecule has 26 heavy (non-hydrogen) atoms. The summed E-state index contributed by atoms with van der Waals surface area (Å²) in [5, 5.41) is 22.9. The van der Waals surface area contributed by atoms with Gasteiger partial charge in [0.25, 0.3) is 5.91 Å². The SMILES string of the molecule is CSCC[C@H](NC(=O)[C@H](CCC(=O)O)NC(=O)c1ccccc1)C(=O)O. The Hall–Kier alpha value is -2.55. The van der Waals surface area contributed by atoms with Crippen molar-refractivity contribution in [3.8, 4) is 0 Å². The van der Waals surface area contributed by atoms with Crippen LogP contribution in [0.25, 0.3) is 0 Å². The molecular formula is C17H22N2O6S. The molecular weight excluding hydrogens is 360 g/mol. The Kier molecular flexibility index (Phi) is 9.21. The molecule has 0 aliphatic heterocycles. The minimum atomic E-state index is -1.18. The van der Waals surface area contributed by atoms with Gasteiger partial charge in [0.05, 0.1) is 0 Å². The highest BCUT2D eigenvalue weighted by Crippen LogP contribution is 2.06. The van der Waals surface area contributed by atoms with Crippen molar-refractivity contribution in [1.29, 1.82) is 0 Å². The first-order valence-electron chi connectivity index (χ1n) is 7.95. The van der Waals surface area contributed by atoms with Gasteiger partial charge >= 0.3 is 11.9 Å². The van der Waals surface area contributed by atoms with Gasteiger partial charge in [-0.2, -0.15) is 11.8 Å². The van der Waals surface area contributed by atoms with Crippen LogP contribution in [-0.2, 0) is 14.4 Å². The van der Waals surface area contributed by atoms with Crippen LogP contribution >= 0.6 is 11.8 Å². The van der Waals surface area contributed by atoms with E-state index < -0.39 is 35.8 Å². The number of hydrogen-bond acceptors (Lipinski definition) is 5. The van der Waals surface area contributed by atoms with Gasteiger partial charge in [0.1, 0.15) is 12.1 Å². The summed E-state index contributed by atoms with van der Waals surface area (Å²) in [5.74, 6) is -3.02. The molecule has 0 unspecified atom stereocenters. The van der Waals surface area contributed by atoms with Crippen molar-refractivity contribution in [2.24, 2.45) is 0 Å². The third-order valence-corrected chi connectivity index (χ3v) is 4.17. The second kappa shape index (κ2) is 11.1. The number of benzene rings is 1. The molecule has 9 heteroatoms. The van der Waals surface area contributed by atoms with Crippen LogP contribution in [0.2, 0.25) is 0 Å². The van der Waals surface area contributed by atoms with E-state index >= 15 is 0 Å². The van der Waals surface area contributed by atoms with E-state index in [-0.39, 0.29) is 19.3 Å². The van der Waals surface area contributed by atoms with Crippen molar-refractivity contribution in [3.63, 3.8) is 0 Å². The highest BCUT2D eigenvalue weighted by atomic mass is 32.2. The largest absolute Gasteiger partial charge is 0.481 e. The smallest absolute Gasteiger partial charge is 0.326 e. The first-order valence-corrected chi connectivity index (χ1v) is 9.34. The number of thioether (sulfide) groups is 1. The first-order chi connectivity index (χ1) is 12.3. The molecule has 0 saturated heterocycles. The summed E-state index contributed by atoms with van der Waals surface area (Å²) in [6.07, 6.45) is 1.56. The van der Waals surface area contributed by atoms with E-state index in [9.17, 15) is 24.3 Å². The second-order valence-corrected chi connectivity index (χ2v) is 6.49. The second-order valence-electron chi connectivity index (χ2n) is 5.51. The topological polar surface area (TPSA) is 133 Å². The highest BCUT2D eigenvalue weighted by molar-refractivity contribution is 7.98. The van der Waals surface area contributed by atoms with Crippen molar-refractivity contribution < 1.29 is 29.4 Å². The molecule has 2 amide bonds. The molecule has 0 heterocycles. The molecule has 142 valence electrons. The summed E-state index contributed by atoms with van der Waals surface area (Å²) < 4.78 is 0. The van der Waals surface area contributed by atoms with Gasteiger partial charge in [0.15, 0.2) is 0 Å². The van der Waals surface area contributed by atoms with Crippen LogP contribution in [0.15, 0.2) is 30.3 Å². The minimum absolute atomic E-state index is 0.144. The predicted octanol–water partition coefficient (Wildman–Crippen LogP) is 0.972. The van der Waals surface area contributed by atoms with Crippen LogP contribution in [0.3, 0.4) is 0 Å². The molecule has 0 fully saturated rings. The van der Waals surface area contributed by atoms with E-state index in [4.69, 9.17) is 5.11 Å². The number of carboxylic acids is 2. The average molecular weight is 382 g/mol. The van der Waals surface area contributed by atoms with E-state index in [1.165, 1.54) is 11.8 Å². The fourth-order valence-electron chi connectivity index (χ4n) is 2.13. The Morgan fingerprint density at radius 1 is 1.00 bits per heavy atom. The number of amides is 2. The molecule has 8 nitrogen and oxygen atoms in total. The molecule has 0 radical (unpaired) electrons. The summed E-state index contributed by atoms with van der Waals surface area (Å²) in [4.78, 5) is 46.7. The molecule has 0 aliphatic carbocycles. The van der Waals surface area contributed by atoms with Crippen LogP contribution < -0.4 is 10.6 Å². The Bertz CT molecular complexity index is 637. The lowest BCUT2D eigenvalue weighted by atomic mass is 10.1. The summed E-state index contributed by atoms with van der Waals surface area (Å²) in [5.41, 5.74) is 0.317. The molecule has 4 N–H and O–H groups in total. The lowest BCUT2D eigenvalue weighted by Gasteiger charge is -2.21. The van der Waals surface area contributed by atoms with Gasteiger partial charge in [-0.15, -0.1) is 0 Å². The van der Waals surface area contributed by atoms with Crippen LogP contribution in [-0.4, -0.2) is 58.1 Å². The monoisotopic (exact) mass is 382 g/mol. The zero-order valence-corrected chi connectivity index (χ0v) is 15.1. The highest BCUT2D eigenvalue weighted by Gasteiger charge is 2.27. The molecule has 0 spiro atoms. The maximum absolute atomic E-state index is 12.4. The van der Waals surface area contributed by atoms with Crippen molar-refractivity contribution in [3.05, 3.63) is 35.9 Å². The summed E-state index contributed by atoms with van der Waals surface area (Å²) in [7, 11) is 0. The third-order valence-electron chi connectivity index (χ3n) is 3.53. The minimum Gasteiger partial charge on any atom is -0.481 e. The van der Waals surface area contributed by atoms with Gasteiger partial charge in [-0.05, 0) is 37.0 Å². The number of nitrogens with one attached hydrogen (secondary N) is 2. The van der Waals surface area contributed by atoms with Crippen molar-refractivity contribution in [2.45, 2.75) is 31.3 Å². The standard InChI is InChI=1S/C17H22N2O6S/c1-26-10-9-13(17(24)25)19-16(23)12(7-8-14(20)21)18-15(22)11-5-3-2-4-6-11/h2-6,12-13H,7-10H2,1H3,(H,18,22)(H,19,23)(H,20,21)(H,24,25)/t12-,13-/m0/s1. The number of carboxylic acid groups (broad SMARTS) is 2. The quantitative estimate of drug-likeness (QED) is 0.448. The zero-order chi connectivity index (χ0) is 19.5. The van der Waals surface area contributed by atoms with Crippen LogP contribution in [0.4, 0.5) is 0 Å². The van der Waals surface area contributed by atoms with Gasteiger partial charge in [0, 0.05) is 12.0 Å². The normalized spacial score (nSPS) is 12.7. The molecule has 1 rings (SSSR count). The van der Waals surface area contributed by atoms with Crippen molar-refractivity contribution in [1.82, 2.24) is 10.6 Å². The number of aliphatic carboxylic acids is 2. The summed E-state index contributed by atoms with van der Waals surface area (Å²) in [6, 6.07) is 5.91. The molecule has 0 bridgehead atoms. The maximum atomic E-state index is 12.4. The van der Waals surface area contributed by atoms with Gasteiger partial charge < -0.3 is 20.8 Å². The maximum Gasteiger partial charge on any atom is 0.326 e. The van der Waals surface area contributed by atoms with E-state index in [0.717, 1.165) is 0 Å². The predicted molar refractivity (Wildman–Crippen MR) is 97.1 cm³/mol. The Morgan fingerprint density at radius 2 is 1.65 bits per heavy atom. The van der Waals surface area contributed by atoms with Crippen LogP contribution in [0, 0.1) is 0 Å². The van der Waals surface area contributed by atoms with E-state index in [1.54, 1.807) is 30.3 Å². The number of carbonyl (C=O) groups is 4. The first kappa shape index (κ1) is 21.5. The molecule has 0 aromatic heterocycles. The van der Waals surface area contributed by atoms with E-state index in [0.29, 0.717) is 11.3 Å². The molecule has 1 aromatic carbocycles. The number of carbonyl (C=O) groups excluding carboxylic acids is 2. The van der Waals surface area contributed by atoms with Crippen LogP contribution in [0.5, 0.6) is 0 Å². The number of hydrogen-bond donors (Lipinski definition) is 4.